The van der Waals surface area contributed by atoms with Crippen molar-refractivity contribution < 1.29 is 80.5 Å². The minimum atomic E-state index is -3.85. The summed E-state index contributed by atoms with van der Waals surface area (Å²) in [6.07, 6.45) is 18.4. The fourth-order valence-electron chi connectivity index (χ4n) is 10.5. The van der Waals surface area contributed by atoms with Crippen molar-refractivity contribution in [1.82, 2.24) is 16.0 Å². The predicted molar refractivity (Wildman–Crippen MR) is 346 cm³/mol. The van der Waals surface area contributed by atoms with Gasteiger partial charge in [-0.3, -0.25) is 43.5 Å². The van der Waals surface area contributed by atoms with Crippen LogP contribution in [-0.4, -0.2) is 154 Å². The first-order chi connectivity index (χ1) is 42.9. The van der Waals surface area contributed by atoms with E-state index in [2.05, 4.69) is 22.5 Å². The minimum Gasteiger partial charge on any atom is -0.508 e. The molecule has 24 heteroatoms. The third kappa shape index (κ3) is 45.6. The van der Waals surface area contributed by atoms with Gasteiger partial charge in [0.1, 0.15) is 42.4 Å². The number of unbranched alkanes of at least 4 members (excludes halogenated alkanes) is 14. The number of allylic oxidation sites excluding steroid dienone is 1. The van der Waals surface area contributed by atoms with Crippen molar-refractivity contribution >= 4 is 62.8 Å². The van der Waals surface area contributed by atoms with Gasteiger partial charge in [-0.1, -0.05) is 123 Å². The molecule has 1 aromatic rings. The van der Waals surface area contributed by atoms with E-state index < -0.39 is 51.7 Å². The number of benzene rings is 1. The molecular weight excluding hydrogens is 1180 g/mol. The maximum absolute atomic E-state index is 14.3. The Labute approximate surface area is 536 Å². The maximum Gasteiger partial charge on any atom is 0.326 e. The highest BCUT2D eigenvalue weighted by atomic mass is 32.2. The van der Waals surface area contributed by atoms with Crippen LogP contribution in [0.15, 0.2) is 36.5 Å². The zero-order chi connectivity index (χ0) is 67.0. The number of phenols is 1. The first kappa shape index (κ1) is 82.4. The fraction of sp³-hybridized carbons (Fsp3) is 0.742. The minimum absolute atomic E-state index is 0.0150. The van der Waals surface area contributed by atoms with Crippen LogP contribution in [0.1, 0.15) is 206 Å². The monoisotopic (exact) mass is 1290 g/mol. The number of hydrogen-bond acceptors (Lipinski definition) is 17. The molecule has 0 aliphatic carbocycles. The number of primary amides is 1. The van der Waals surface area contributed by atoms with E-state index in [1.54, 1.807) is 19.1 Å². The Hall–Kier alpha value is -5.66. The highest BCUT2D eigenvalue weighted by molar-refractivity contribution is 7.85. The van der Waals surface area contributed by atoms with Gasteiger partial charge in [-0.15, -0.1) is 0 Å². The van der Waals surface area contributed by atoms with Gasteiger partial charge in [-0.2, -0.15) is 8.42 Å². The van der Waals surface area contributed by atoms with Crippen LogP contribution in [0.25, 0.3) is 0 Å². The number of ketones is 4. The summed E-state index contributed by atoms with van der Waals surface area (Å²) in [4.78, 5) is 103. The highest BCUT2D eigenvalue weighted by Gasteiger charge is 2.36. The van der Waals surface area contributed by atoms with E-state index in [-0.39, 0.29) is 150 Å². The lowest BCUT2D eigenvalue weighted by Gasteiger charge is -2.27. The largest absolute Gasteiger partial charge is 0.508 e. The topological polar surface area (TPSA) is 380 Å². The average molecular weight is 1290 g/mol. The van der Waals surface area contributed by atoms with E-state index in [0.717, 1.165) is 51.4 Å². The van der Waals surface area contributed by atoms with Gasteiger partial charge in [0.25, 0.3) is 10.1 Å². The molecule has 3 amide bonds. The number of rotatable bonds is 62. The van der Waals surface area contributed by atoms with Gasteiger partial charge >= 0.3 is 5.97 Å². The van der Waals surface area contributed by atoms with Crippen molar-refractivity contribution in [2.24, 2.45) is 41.1 Å². The normalized spacial score (nSPS) is 13.2. The Morgan fingerprint density at radius 2 is 1.13 bits per heavy atom. The second kappa shape index (κ2) is 50.9. The lowest BCUT2D eigenvalue weighted by Crippen LogP contribution is -2.37. The number of Topliss-reactive ketones (excluding diaryl/α,β-unsaturated/α-hetero) is 4. The van der Waals surface area contributed by atoms with E-state index in [4.69, 9.17) is 40.4 Å². The molecule has 23 nitrogen and oxygen atoms in total. The Kier molecular flexibility index (Phi) is 46.6. The van der Waals surface area contributed by atoms with Gasteiger partial charge in [-0.05, 0) is 87.8 Å². The van der Waals surface area contributed by atoms with E-state index >= 15 is 0 Å². The van der Waals surface area contributed by atoms with Gasteiger partial charge in [0, 0.05) is 87.6 Å². The lowest BCUT2D eigenvalue weighted by molar-refractivity contribution is -0.139. The van der Waals surface area contributed by atoms with Crippen LogP contribution in [-0.2, 0) is 73.8 Å². The van der Waals surface area contributed by atoms with Gasteiger partial charge in [-0.25, -0.2) is 4.79 Å². The zero-order valence-corrected chi connectivity index (χ0v) is 55.2. The number of nitrogens with two attached hydrogens (primary N) is 2. The van der Waals surface area contributed by atoms with E-state index in [1.165, 1.54) is 37.8 Å². The maximum atomic E-state index is 14.3. The SMILES string of the molecule is C=C(CCCCCCCCCCCCCCCS(=O)(=O)O)N[C@@H](CCC(=O)NCCOCCOCC(=O)CCCOCCOCC(=O)NCCCC[C@H](CC(=O)CC(C)C)C(=O)C(C)[C@@H](CCCCC(=N)N)C(=O)C[C@@H](Cc1ccc(O)cc1)C(N)=O)C(=O)O. The Morgan fingerprint density at radius 1 is 0.578 bits per heavy atom. The van der Waals surface area contributed by atoms with Crippen molar-refractivity contribution in [2.75, 3.05) is 71.7 Å². The second-order valence-corrected chi connectivity index (χ2v) is 25.8. The standard InChI is InChI=1S/C66H112N6O17S/c1-49(2)43-57(75)45-53(64(79)51(4)58(26-17-18-27-61(67)68)60(76)46-54(65(69)80)44-52-28-30-55(73)31-29-52)24-19-20-34-70-63(78)48-89-41-38-86-36-22-25-56(74)47-88-40-39-87-37-35-71-62(77)33-32-59(66(81)82)72-50(3)23-16-14-12-10-8-6-5-7-9-11-13-15-21-42-90(83,84)85/h28-31,49,51,53-54,58-59,72-73H,3,5-27,32-48H2,1-2,4H3,(H3,67,68)(H2,69,80)(H,70,78)(H,71,77)(H,81,82)(H,83,84,85)/t51?,53-,54-,58-,59+/m1/s1. The van der Waals surface area contributed by atoms with Gasteiger partial charge < -0.3 is 56.6 Å². The van der Waals surface area contributed by atoms with Crippen molar-refractivity contribution in [3.05, 3.63) is 42.1 Å². The Balaban J connectivity index is 2.26. The molecule has 90 heavy (non-hydrogen) atoms. The summed E-state index contributed by atoms with van der Waals surface area (Å²) in [7, 11) is -3.85. The quantitative estimate of drug-likeness (QED) is 0.0128. The fourth-order valence-corrected chi connectivity index (χ4v) is 11.0. The summed E-state index contributed by atoms with van der Waals surface area (Å²) in [6, 6.07) is 5.35. The van der Waals surface area contributed by atoms with Crippen molar-refractivity contribution in [2.45, 2.75) is 213 Å². The molecule has 0 heterocycles. The van der Waals surface area contributed by atoms with Crippen LogP contribution in [0.3, 0.4) is 0 Å². The average Bonchev–Trinajstić information content (AvgIpc) is 2.39. The number of phenolic OH excluding ortho intramolecular Hbond substituents is 1. The number of carbonyl (C=O) groups is 8. The van der Waals surface area contributed by atoms with Gasteiger partial charge in [0.15, 0.2) is 5.78 Å². The number of carboxylic acid groups (broad SMARTS) is 1. The summed E-state index contributed by atoms with van der Waals surface area (Å²) < 4.78 is 52.2. The number of amides is 3. The molecule has 11 N–H and O–H groups in total. The van der Waals surface area contributed by atoms with E-state index in [9.17, 15) is 57.0 Å². The molecule has 0 aromatic heterocycles. The first-order valence-electron chi connectivity index (χ1n) is 32.8. The van der Waals surface area contributed by atoms with Crippen LogP contribution in [0, 0.1) is 35.0 Å². The molecule has 1 rings (SSSR count). The zero-order valence-electron chi connectivity index (χ0n) is 54.4. The highest BCUT2D eigenvalue weighted by Crippen LogP contribution is 2.31. The number of aromatic hydroxyl groups is 1. The molecule has 0 fully saturated rings. The number of amidine groups is 1. The Bertz CT molecular complexity index is 2370. The van der Waals surface area contributed by atoms with Crippen LogP contribution < -0.4 is 27.4 Å². The first-order valence-corrected chi connectivity index (χ1v) is 34.5. The van der Waals surface area contributed by atoms with Crippen LogP contribution >= 0.6 is 0 Å². The number of ether oxygens (including phenoxy) is 4. The Morgan fingerprint density at radius 3 is 1.72 bits per heavy atom. The summed E-state index contributed by atoms with van der Waals surface area (Å²) in [5, 5.41) is 35.5. The predicted octanol–water partition coefficient (Wildman–Crippen LogP) is 8.44. The van der Waals surface area contributed by atoms with E-state index in [1.807, 2.05) is 13.8 Å². The molecular formula is C66H112N6O17S. The summed E-state index contributed by atoms with van der Waals surface area (Å²) >= 11 is 0. The third-order valence-electron chi connectivity index (χ3n) is 15.5. The molecule has 0 bridgehead atoms. The molecule has 0 saturated carbocycles. The smallest absolute Gasteiger partial charge is 0.326 e. The molecule has 1 aromatic carbocycles. The summed E-state index contributed by atoms with van der Waals surface area (Å²) in [5.41, 5.74) is 12.7. The number of hydrogen-bond donors (Lipinski definition) is 9. The lowest BCUT2D eigenvalue weighted by atomic mass is 9.75. The number of carboxylic acids is 1. The number of nitrogens with one attached hydrogen (secondary N) is 4. The number of aliphatic carboxylic acids is 1. The van der Waals surface area contributed by atoms with Crippen molar-refractivity contribution in [3.8, 4) is 5.75 Å². The molecule has 0 spiro atoms. The van der Waals surface area contributed by atoms with E-state index in [0.29, 0.717) is 95.0 Å². The molecule has 0 saturated heterocycles. The van der Waals surface area contributed by atoms with Gasteiger partial charge in [0.05, 0.1) is 44.6 Å². The van der Waals surface area contributed by atoms with Crippen LogP contribution in [0.5, 0.6) is 5.75 Å². The van der Waals surface area contributed by atoms with Gasteiger partial charge in [0.2, 0.25) is 17.7 Å². The van der Waals surface area contributed by atoms with Crippen molar-refractivity contribution in [1.29, 1.82) is 5.41 Å². The number of carbonyl (C=O) groups excluding carboxylic acids is 7. The molecule has 514 valence electrons. The second-order valence-electron chi connectivity index (χ2n) is 24.2. The molecule has 0 aliphatic heterocycles. The molecule has 1 unspecified atom stereocenters. The third-order valence-corrected chi connectivity index (χ3v) is 16.3. The molecule has 0 aliphatic rings. The molecule has 0 radical (unpaired) electrons. The van der Waals surface area contributed by atoms with Crippen LogP contribution in [0.2, 0.25) is 0 Å². The molecule has 5 atom stereocenters. The van der Waals surface area contributed by atoms with Crippen LogP contribution in [0.4, 0.5) is 0 Å². The summed E-state index contributed by atoms with van der Waals surface area (Å²) in [6.45, 7) is 11.1. The van der Waals surface area contributed by atoms with Crippen molar-refractivity contribution in [3.63, 3.8) is 0 Å². The summed E-state index contributed by atoms with van der Waals surface area (Å²) in [5.74, 6) is -6.00.